The first-order valence-electron chi connectivity index (χ1n) is 13.7. The van der Waals surface area contributed by atoms with Gasteiger partial charge in [0.2, 0.25) is 5.91 Å². The molecule has 39 heavy (non-hydrogen) atoms. The molecule has 0 spiro atoms. The summed E-state index contributed by atoms with van der Waals surface area (Å²) < 4.78 is 28.4. The van der Waals surface area contributed by atoms with Gasteiger partial charge in [-0.1, -0.05) is 58.2 Å². The van der Waals surface area contributed by atoms with E-state index in [1.807, 2.05) is 12.1 Å². The van der Waals surface area contributed by atoms with Crippen molar-refractivity contribution in [1.29, 1.82) is 5.26 Å². The zero-order valence-corrected chi connectivity index (χ0v) is 22.9. The summed E-state index contributed by atoms with van der Waals surface area (Å²) in [7, 11) is 0. The van der Waals surface area contributed by atoms with Crippen LogP contribution in [0.1, 0.15) is 82.9 Å². The van der Waals surface area contributed by atoms with E-state index in [1.54, 1.807) is 42.9 Å². The molecule has 4 rings (SSSR count). The lowest BCUT2D eigenvalue weighted by Crippen LogP contribution is -2.56. The molecule has 2 unspecified atom stereocenters. The molecule has 1 aliphatic heterocycles. The van der Waals surface area contributed by atoms with E-state index in [4.69, 9.17) is 0 Å². The molecular formula is C30H37F2N5O2. The largest absolute Gasteiger partial charge is 0.351 e. The second kappa shape index (κ2) is 11.7. The van der Waals surface area contributed by atoms with E-state index in [0.717, 1.165) is 42.6 Å². The van der Waals surface area contributed by atoms with Gasteiger partial charge in [-0.3, -0.25) is 24.4 Å². The van der Waals surface area contributed by atoms with Crippen molar-refractivity contribution >= 4 is 17.5 Å². The molecule has 1 aromatic heterocycles. The number of alkyl halides is 2. The van der Waals surface area contributed by atoms with Crippen molar-refractivity contribution in [3.63, 3.8) is 0 Å². The predicted molar refractivity (Wildman–Crippen MR) is 145 cm³/mol. The van der Waals surface area contributed by atoms with Crippen LogP contribution in [0.15, 0.2) is 48.8 Å². The van der Waals surface area contributed by atoms with Crippen LogP contribution >= 0.6 is 0 Å². The first-order valence-corrected chi connectivity index (χ1v) is 13.7. The lowest BCUT2D eigenvalue weighted by atomic mass is 9.87. The van der Waals surface area contributed by atoms with E-state index >= 15 is 0 Å². The molecule has 0 bridgehead atoms. The van der Waals surface area contributed by atoms with Crippen LogP contribution in [0.3, 0.4) is 0 Å². The fourth-order valence-electron chi connectivity index (χ4n) is 5.47. The Labute approximate surface area is 229 Å². The molecule has 1 aromatic carbocycles. The number of likely N-dealkylation sites (tertiary alicyclic amines) is 1. The van der Waals surface area contributed by atoms with Gasteiger partial charge in [-0.2, -0.15) is 5.26 Å². The summed E-state index contributed by atoms with van der Waals surface area (Å²) in [4.78, 5) is 34.6. The van der Waals surface area contributed by atoms with Crippen molar-refractivity contribution in [2.75, 3.05) is 11.4 Å². The highest BCUT2D eigenvalue weighted by Crippen LogP contribution is 2.36. The van der Waals surface area contributed by atoms with Crippen LogP contribution in [-0.2, 0) is 15.0 Å². The standard InChI is InChI=1S/C30H37F2N5O2/c1-29(2,3)22-11-13-24(14-12-22)37(28(39)25-15-16-30(31,32)19-36(25)20-33)26(21-8-7-17-34-18-21)27(38)35-23-9-5-4-6-10-23/h7-8,11-14,17-18,23,25-26H,4-6,9-10,15-16,19H2,1-3H3,(H,35,38). The Morgan fingerprint density at radius 3 is 2.41 bits per heavy atom. The summed E-state index contributed by atoms with van der Waals surface area (Å²) >= 11 is 0. The summed E-state index contributed by atoms with van der Waals surface area (Å²) in [5.74, 6) is -3.98. The minimum atomic E-state index is -3.06. The first kappa shape index (κ1) is 28.5. The average molecular weight is 538 g/mol. The number of rotatable bonds is 6. The maximum atomic E-state index is 14.3. The molecule has 2 aromatic rings. The number of aromatic nitrogens is 1. The monoisotopic (exact) mass is 537 g/mol. The lowest BCUT2D eigenvalue weighted by Gasteiger charge is -2.40. The highest BCUT2D eigenvalue weighted by atomic mass is 19.3. The fraction of sp³-hybridized carbons (Fsp3) is 0.533. The number of anilines is 1. The van der Waals surface area contributed by atoms with E-state index in [1.165, 1.54) is 4.90 Å². The van der Waals surface area contributed by atoms with Gasteiger partial charge < -0.3 is 5.32 Å². The van der Waals surface area contributed by atoms with Crippen molar-refractivity contribution in [3.8, 4) is 6.19 Å². The summed E-state index contributed by atoms with van der Waals surface area (Å²) in [5.41, 5.74) is 1.86. The van der Waals surface area contributed by atoms with Crippen LogP contribution in [0.25, 0.3) is 0 Å². The molecule has 1 saturated carbocycles. The zero-order valence-electron chi connectivity index (χ0n) is 22.9. The van der Waals surface area contributed by atoms with Gasteiger partial charge in [0.05, 0.1) is 6.54 Å². The maximum absolute atomic E-state index is 14.3. The molecule has 9 heteroatoms. The van der Waals surface area contributed by atoms with Crippen LogP contribution in [-0.4, -0.2) is 46.2 Å². The van der Waals surface area contributed by atoms with Gasteiger partial charge in [0.15, 0.2) is 6.19 Å². The number of carbonyl (C=O) groups excluding carboxylic acids is 2. The summed E-state index contributed by atoms with van der Waals surface area (Å²) in [6.45, 7) is 5.40. The fourth-order valence-corrected chi connectivity index (χ4v) is 5.47. The number of nitrogens with zero attached hydrogens (tertiary/aromatic N) is 4. The number of benzene rings is 1. The average Bonchev–Trinajstić information content (AvgIpc) is 2.91. The molecule has 2 heterocycles. The normalized spacial score (nSPS) is 20.5. The number of hydrogen-bond donors (Lipinski definition) is 1. The van der Waals surface area contributed by atoms with Crippen LogP contribution in [0.4, 0.5) is 14.5 Å². The first-order chi connectivity index (χ1) is 18.5. The molecular weight excluding hydrogens is 500 g/mol. The molecule has 7 nitrogen and oxygen atoms in total. The van der Waals surface area contributed by atoms with E-state index in [9.17, 15) is 23.6 Å². The van der Waals surface area contributed by atoms with Crippen LogP contribution < -0.4 is 10.2 Å². The molecule has 1 aliphatic carbocycles. The van der Waals surface area contributed by atoms with E-state index < -0.39 is 36.9 Å². The molecule has 208 valence electrons. The molecule has 0 radical (unpaired) electrons. The Bertz CT molecular complexity index is 1180. The van der Waals surface area contributed by atoms with E-state index in [0.29, 0.717) is 11.3 Å². The number of piperidine rings is 1. The highest BCUT2D eigenvalue weighted by Gasteiger charge is 2.46. The predicted octanol–water partition coefficient (Wildman–Crippen LogP) is 5.48. The molecule has 2 aliphatic rings. The number of amides is 2. The van der Waals surface area contributed by atoms with Crippen molar-refractivity contribution in [3.05, 3.63) is 59.9 Å². The highest BCUT2D eigenvalue weighted by molar-refractivity contribution is 6.04. The lowest BCUT2D eigenvalue weighted by molar-refractivity contribution is -0.133. The second-order valence-electron chi connectivity index (χ2n) is 11.7. The number of halogens is 2. The summed E-state index contributed by atoms with van der Waals surface area (Å²) in [6, 6.07) is 8.61. The van der Waals surface area contributed by atoms with Crippen molar-refractivity contribution in [2.45, 2.75) is 95.2 Å². The number of nitriles is 1. The maximum Gasteiger partial charge on any atom is 0.266 e. The summed E-state index contributed by atoms with van der Waals surface area (Å²) in [5, 5.41) is 12.8. The van der Waals surface area contributed by atoms with Crippen molar-refractivity contribution in [2.24, 2.45) is 0 Å². The minimum absolute atomic E-state index is 0.00498. The van der Waals surface area contributed by atoms with Crippen LogP contribution in [0.2, 0.25) is 0 Å². The Morgan fingerprint density at radius 1 is 1.13 bits per heavy atom. The third-order valence-corrected chi connectivity index (χ3v) is 7.68. The van der Waals surface area contributed by atoms with E-state index in [-0.39, 0.29) is 23.8 Å². The van der Waals surface area contributed by atoms with Crippen LogP contribution in [0.5, 0.6) is 0 Å². The van der Waals surface area contributed by atoms with Gasteiger partial charge in [-0.25, -0.2) is 8.78 Å². The third kappa shape index (κ3) is 6.73. The van der Waals surface area contributed by atoms with Crippen molar-refractivity contribution < 1.29 is 18.4 Å². The summed E-state index contributed by atoms with van der Waals surface area (Å²) in [6.07, 6.45) is 9.11. The molecule has 2 amide bonds. The number of nitrogens with one attached hydrogen (secondary N) is 1. The number of hydrogen-bond acceptors (Lipinski definition) is 5. The van der Waals surface area contributed by atoms with Gasteiger partial charge in [-0.05, 0) is 48.4 Å². The Hall–Kier alpha value is -3.54. The minimum Gasteiger partial charge on any atom is -0.351 e. The molecule has 2 fully saturated rings. The molecule has 1 N–H and O–H groups in total. The Balaban J connectivity index is 1.78. The SMILES string of the molecule is CC(C)(C)c1ccc(N(C(=O)C2CCC(F)(F)CN2C#N)C(C(=O)NC2CCCCC2)c2cccnc2)cc1. The zero-order chi connectivity index (χ0) is 28.2. The van der Waals surface area contributed by atoms with Gasteiger partial charge in [0.25, 0.3) is 11.8 Å². The second-order valence-corrected chi connectivity index (χ2v) is 11.7. The topological polar surface area (TPSA) is 89.3 Å². The molecule has 2 atom stereocenters. The van der Waals surface area contributed by atoms with E-state index in [2.05, 4.69) is 31.1 Å². The van der Waals surface area contributed by atoms with Crippen molar-refractivity contribution in [1.82, 2.24) is 15.2 Å². The van der Waals surface area contributed by atoms with Gasteiger partial charge in [0, 0.05) is 36.1 Å². The molecule has 1 saturated heterocycles. The van der Waals surface area contributed by atoms with Gasteiger partial charge >= 0.3 is 0 Å². The van der Waals surface area contributed by atoms with Gasteiger partial charge in [0.1, 0.15) is 12.1 Å². The van der Waals surface area contributed by atoms with Crippen LogP contribution in [0, 0.1) is 11.5 Å². The number of pyridine rings is 1. The Morgan fingerprint density at radius 2 is 1.82 bits per heavy atom. The van der Waals surface area contributed by atoms with Gasteiger partial charge in [-0.15, -0.1) is 0 Å². The number of carbonyl (C=O) groups is 2. The Kier molecular flexibility index (Phi) is 8.53. The quantitative estimate of drug-likeness (QED) is 0.493. The third-order valence-electron chi connectivity index (χ3n) is 7.68. The smallest absolute Gasteiger partial charge is 0.266 e.